The minimum Gasteiger partial charge on any atom is -0.353 e. The first kappa shape index (κ1) is 13.6. The van der Waals surface area contributed by atoms with Gasteiger partial charge in [-0.15, -0.1) is 0 Å². The summed E-state index contributed by atoms with van der Waals surface area (Å²) in [6.45, 7) is 1.71. The largest absolute Gasteiger partial charge is 0.353 e. The molecule has 1 aliphatic rings. The topological polar surface area (TPSA) is 39.9 Å². The molecule has 1 fully saturated rings. The first-order valence-electron chi connectivity index (χ1n) is 6.67. The number of hydrogen-bond donors (Lipinski definition) is 0. The molecule has 0 unspecified atom stereocenters. The van der Waals surface area contributed by atoms with Crippen LogP contribution in [0, 0.1) is 11.3 Å². The molecule has 1 aromatic carbocycles. The van der Waals surface area contributed by atoms with Crippen LogP contribution in [-0.4, -0.2) is 30.9 Å². The molecule has 0 amide bonds. The van der Waals surface area contributed by atoms with Gasteiger partial charge in [0.05, 0.1) is 16.8 Å². The third kappa shape index (κ3) is 2.58. The number of nitriles is 1. The summed E-state index contributed by atoms with van der Waals surface area (Å²) in [5.41, 5.74) is 2.55. The SMILES string of the molecule is [B]N1CCC(c2nc3cc(Br)ccc3cc2C#N)CC1. The Hall–Kier alpha value is -1.38. The molecule has 5 heteroatoms. The van der Waals surface area contributed by atoms with Crippen LogP contribution < -0.4 is 0 Å². The predicted molar refractivity (Wildman–Crippen MR) is 83.5 cm³/mol. The summed E-state index contributed by atoms with van der Waals surface area (Å²) in [6.07, 6.45) is 1.91. The number of aromatic nitrogens is 1. The summed E-state index contributed by atoms with van der Waals surface area (Å²) in [5.74, 6) is 0.327. The first-order valence-corrected chi connectivity index (χ1v) is 7.46. The van der Waals surface area contributed by atoms with Gasteiger partial charge in [-0.3, -0.25) is 4.98 Å². The van der Waals surface area contributed by atoms with Gasteiger partial charge in [0.1, 0.15) is 6.07 Å². The van der Waals surface area contributed by atoms with E-state index < -0.39 is 0 Å². The van der Waals surface area contributed by atoms with Crippen molar-refractivity contribution < 1.29 is 0 Å². The van der Waals surface area contributed by atoms with Crippen molar-refractivity contribution >= 4 is 34.8 Å². The van der Waals surface area contributed by atoms with Crippen LogP contribution in [0.2, 0.25) is 0 Å². The van der Waals surface area contributed by atoms with Gasteiger partial charge in [-0.1, -0.05) is 22.0 Å². The van der Waals surface area contributed by atoms with Gasteiger partial charge in [-0.2, -0.15) is 5.26 Å². The predicted octanol–water partition coefficient (Wildman–Crippen LogP) is 3.13. The molecule has 1 saturated heterocycles. The van der Waals surface area contributed by atoms with Gasteiger partial charge in [0.15, 0.2) is 7.98 Å². The van der Waals surface area contributed by atoms with E-state index in [4.69, 9.17) is 13.0 Å². The second kappa shape index (κ2) is 5.55. The van der Waals surface area contributed by atoms with Crippen LogP contribution in [0.5, 0.6) is 0 Å². The lowest BCUT2D eigenvalue weighted by Gasteiger charge is -2.29. The summed E-state index contributed by atoms with van der Waals surface area (Å²) in [4.78, 5) is 6.58. The Morgan fingerprint density at radius 2 is 2.05 bits per heavy atom. The van der Waals surface area contributed by atoms with E-state index in [1.807, 2.05) is 29.1 Å². The average Bonchev–Trinajstić information content (AvgIpc) is 2.46. The fourth-order valence-corrected chi connectivity index (χ4v) is 3.08. The number of halogens is 1. The van der Waals surface area contributed by atoms with Crippen molar-refractivity contribution in [1.29, 1.82) is 5.26 Å². The molecule has 0 spiro atoms. The Bertz CT molecular complexity index is 687. The first-order chi connectivity index (χ1) is 9.67. The van der Waals surface area contributed by atoms with Crippen LogP contribution in [0.15, 0.2) is 28.7 Å². The van der Waals surface area contributed by atoms with E-state index in [0.29, 0.717) is 11.5 Å². The molecule has 2 heterocycles. The van der Waals surface area contributed by atoms with E-state index in [1.165, 1.54) is 0 Å². The van der Waals surface area contributed by atoms with Gasteiger partial charge in [0, 0.05) is 15.8 Å². The molecular weight excluding hydrogens is 313 g/mol. The number of piperidine rings is 1. The lowest BCUT2D eigenvalue weighted by atomic mass is 9.89. The summed E-state index contributed by atoms with van der Waals surface area (Å²) in [5, 5.41) is 10.4. The van der Waals surface area contributed by atoms with Crippen LogP contribution in [0.3, 0.4) is 0 Å². The molecule has 0 N–H and O–H groups in total. The van der Waals surface area contributed by atoms with Crippen LogP contribution in [0.4, 0.5) is 0 Å². The molecule has 2 aromatic rings. The van der Waals surface area contributed by atoms with Crippen molar-refractivity contribution in [1.82, 2.24) is 9.79 Å². The maximum Gasteiger partial charge on any atom is 0.182 e. The zero-order valence-electron chi connectivity index (χ0n) is 11.0. The number of fused-ring (bicyclic) bond motifs is 1. The van der Waals surface area contributed by atoms with Crippen LogP contribution >= 0.6 is 15.9 Å². The zero-order valence-corrected chi connectivity index (χ0v) is 12.6. The molecule has 1 aromatic heterocycles. The van der Waals surface area contributed by atoms with E-state index in [1.54, 1.807) is 0 Å². The number of nitrogens with zero attached hydrogens (tertiary/aromatic N) is 3. The number of benzene rings is 1. The van der Waals surface area contributed by atoms with Gasteiger partial charge in [-0.25, -0.2) is 0 Å². The second-order valence-electron chi connectivity index (χ2n) is 5.18. The molecule has 0 bridgehead atoms. The molecule has 0 aliphatic carbocycles. The van der Waals surface area contributed by atoms with Gasteiger partial charge < -0.3 is 4.81 Å². The second-order valence-corrected chi connectivity index (χ2v) is 6.10. The van der Waals surface area contributed by atoms with Crippen LogP contribution in [0.25, 0.3) is 10.9 Å². The van der Waals surface area contributed by atoms with Crippen molar-refractivity contribution in [2.75, 3.05) is 13.1 Å². The van der Waals surface area contributed by atoms with Crippen LogP contribution in [0.1, 0.15) is 30.0 Å². The fourth-order valence-electron chi connectivity index (χ4n) is 2.73. The van der Waals surface area contributed by atoms with E-state index >= 15 is 0 Å². The van der Waals surface area contributed by atoms with Crippen molar-refractivity contribution in [3.8, 4) is 6.07 Å². The Morgan fingerprint density at radius 1 is 1.30 bits per heavy atom. The molecular formula is C15H13BBrN3. The molecule has 1 aliphatic heterocycles. The van der Waals surface area contributed by atoms with Gasteiger partial charge in [0.25, 0.3) is 0 Å². The summed E-state index contributed by atoms with van der Waals surface area (Å²) in [7, 11) is 5.80. The molecule has 2 radical (unpaired) electrons. The van der Waals surface area contributed by atoms with E-state index in [2.05, 4.69) is 22.0 Å². The monoisotopic (exact) mass is 325 g/mol. The minimum absolute atomic E-state index is 0.327. The summed E-state index contributed by atoms with van der Waals surface area (Å²) in [6, 6.07) is 10.2. The molecule has 98 valence electrons. The highest BCUT2D eigenvalue weighted by Gasteiger charge is 2.22. The molecule has 3 nitrogen and oxygen atoms in total. The standard InChI is InChI=1S/C15H13BBrN3/c16-20-5-3-10(4-6-20)15-12(9-18)7-11-1-2-13(17)8-14(11)19-15/h1-2,7-8,10H,3-6H2. The highest BCUT2D eigenvalue weighted by molar-refractivity contribution is 9.10. The number of hydrogen-bond acceptors (Lipinski definition) is 3. The Kier molecular flexibility index (Phi) is 3.77. The van der Waals surface area contributed by atoms with Crippen molar-refractivity contribution in [2.24, 2.45) is 0 Å². The highest BCUT2D eigenvalue weighted by Crippen LogP contribution is 2.30. The molecule has 3 rings (SSSR count). The Balaban J connectivity index is 2.06. The number of rotatable bonds is 1. The number of pyridine rings is 1. The fraction of sp³-hybridized carbons (Fsp3) is 0.333. The normalized spacial score (nSPS) is 17.2. The Labute approximate surface area is 128 Å². The summed E-state index contributed by atoms with van der Waals surface area (Å²) < 4.78 is 1.00. The third-order valence-corrected chi connectivity index (χ3v) is 4.34. The van der Waals surface area contributed by atoms with E-state index in [0.717, 1.165) is 47.0 Å². The maximum atomic E-state index is 9.38. The summed E-state index contributed by atoms with van der Waals surface area (Å²) >= 11 is 3.47. The molecule has 0 atom stereocenters. The highest BCUT2D eigenvalue weighted by atomic mass is 79.9. The average molecular weight is 326 g/mol. The molecule has 0 saturated carbocycles. The van der Waals surface area contributed by atoms with Gasteiger partial charge in [-0.05, 0) is 44.1 Å². The third-order valence-electron chi connectivity index (χ3n) is 3.85. The maximum absolute atomic E-state index is 9.38. The molecule has 20 heavy (non-hydrogen) atoms. The van der Waals surface area contributed by atoms with Gasteiger partial charge >= 0.3 is 0 Å². The van der Waals surface area contributed by atoms with Crippen molar-refractivity contribution in [3.63, 3.8) is 0 Å². The quantitative estimate of drug-likeness (QED) is 0.756. The lowest BCUT2D eigenvalue weighted by molar-refractivity contribution is 0.331. The smallest absolute Gasteiger partial charge is 0.182 e. The van der Waals surface area contributed by atoms with Crippen molar-refractivity contribution in [3.05, 3.63) is 40.0 Å². The van der Waals surface area contributed by atoms with Crippen molar-refractivity contribution in [2.45, 2.75) is 18.8 Å². The van der Waals surface area contributed by atoms with E-state index in [9.17, 15) is 5.26 Å². The zero-order chi connectivity index (χ0) is 14.1. The van der Waals surface area contributed by atoms with E-state index in [-0.39, 0.29) is 0 Å². The lowest BCUT2D eigenvalue weighted by Crippen LogP contribution is -2.31. The minimum atomic E-state index is 0.327. The Morgan fingerprint density at radius 3 is 2.75 bits per heavy atom. The van der Waals surface area contributed by atoms with Gasteiger partial charge in [0.2, 0.25) is 0 Å². The van der Waals surface area contributed by atoms with Crippen LogP contribution in [-0.2, 0) is 0 Å².